The van der Waals surface area contributed by atoms with Gasteiger partial charge in [-0.15, -0.1) is 23.8 Å². The van der Waals surface area contributed by atoms with Crippen molar-refractivity contribution in [1.82, 2.24) is 19.9 Å². The fourth-order valence-corrected chi connectivity index (χ4v) is 4.39. The number of hydrogen-bond acceptors (Lipinski definition) is 5. The van der Waals surface area contributed by atoms with Gasteiger partial charge in [-0.3, -0.25) is 21.0 Å². The van der Waals surface area contributed by atoms with Crippen molar-refractivity contribution in [2.45, 2.75) is 0 Å². The van der Waals surface area contributed by atoms with E-state index in [-0.39, 0.29) is 42.1 Å². The summed E-state index contributed by atoms with van der Waals surface area (Å²) in [5, 5.41) is 0.914. The Morgan fingerprint density at radius 2 is 0.979 bits per heavy atom. The monoisotopic (exact) mass is 968 g/mol. The number of nitrogens with zero attached hydrogens (tertiary/aromatic N) is 4. The van der Waals surface area contributed by atoms with Crippen LogP contribution in [0, 0.1) is 24.3 Å². The molecule has 8 aromatic rings. The molecule has 0 fully saturated rings. The molecule has 0 saturated carbocycles. The van der Waals surface area contributed by atoms with Crippen LogP contribution in [-0.2, 0) is 42.1 Å². The van der Waals surface area contributed by atoms with Crippen molar-refractivity contribution < 1.29 is 46.5 Å². The zero-order chi connectivity index (χ0) is 30.5. The minimum absolute atomic E-state index is 0. The minimum atomic E-state index is 0. The first-order valence-corrected chi connectivity index (χ1v) is 14.3. The second-order valence-corrected chi connectivity index (χ2v) is 9.60. The SMILES string of the molecule is [Pt].[Pt].[c-]1cccc2oc[c-]c12.[c-]1ccccc1-c1[c-]c(-c2ccccn2)ccc1.c1ccc(-c2cccc(-c3ccccn3)n2)nc1. The Morgan fingerprint density at radius 1 is 0.426 bits per heavy atom. The van der Waals surface area contributed by atoms with Gasteiger partial charge in [-0.05, 0) is 48.7 Å². The first-order valence-electron chi connectivity index (χ1n) is 14.3. The van der Waals surface area contributed by atoms with E-state index in [2.05, 4.69) is 44.2 Å². The van der Waals surface area contributed by atoms with Gasteiger partial charge in [0, 0.05) is 66.4 Å². The van der Waals surface area contributed by atoms with Crippen molar-refractivity contribution in [3.8, 4) is 45.2 Å². The van der Waals surface area contributed by atoms with Crippen molar-refractivity contribution in [2.75, 3.05) is 0 Å². The Hall–Kier alpha value is -4.82. The predicted octanol–water partition coefficient (Wildman–Crippen LogP) is 9.25. The van der Waals surface area contributed by atoms with Crippen molar-refractivity contribution >= 4 is 11.0 Å². The molecule has 0 atom stereocenters. The molecule has 5 nitrogen and oxygen atoms in total. The molecule has 5 heterocycles. The molecule has 8 rings (SSSR count). The van der Waals surface area contributed by atoms with Crippen LogP contribution < -0.4 is 0 Å². The van der Waals surface area contributed by atoms with Gasteiger partial charge in [0.05, 0.1) is 22.8 Å². The van der Waals surface area contributed by atoms with Gasteiger partial charge in [-0.25, -0.2) is 34.1 Å². The van der Waals surface area contributed by atoms with E-state index in [1.807, 2.05) is 133 Å². The molecule has 236 valence electrons. The number of furan rings is 1. The summed E-state index contributed by atoms with van der Waals surface area (Å²) in [6.07, 6.45) is 6.88. The second kappa shape index (κ2) is 18.4. The number of benzene rings is 3. The first kappa shape index (κ1) is 35.0. The van der Waals surface area contributed by atoms with E-state index in [4.69, 9.17) is 4.42 Å². The summed E-state index contributed by atoms with van der Waals surface area (Å²) in [6.45, 7) is 0. The van der Waals surface area contributed by atoms with E-state index in [1.54, 1.807) is 24.9 Å². The number of rotatable bonds is 4. The molecule has 5 aromatic heterocycles. The van der Waals surface area contributed by atoms with Crippen LogP contribution in [0.4, 0.5) is 0 Å². The van der Waals surface area contributed by atoms with Gasteiger partial charge in [-0.1, -0.05) is 35.9 Å². The van der Waals surface area contributed by atoms with Crippen LogP contribution in [0.1, 0.15) is 0 Å². The van der Waals surface area contributed by atoms with E-state index in [1.165, 1.54) is 0 Å². The first-order chi connectivity index (χ1) is 22.3. The number of aromatic nitrogens is 4. The topological polar surface area (TPSA) is 64.7 Å². The summed E-state index contributed by atoms with van der Waals surface area (Å²) >= 11 is 0. The maximum Gasteiger partial charge on any atom is 0.0894 e. The van der Waals surface area contributed by atoms with Crippen LogP contribution >= 0.6 is 0 Å². The molecule has 3 aromatic carbocycles. The number of fused-ring (bicyclic) bond motifs is 1. The van der Waals surface area contributed by atoms with Crippen LogP contribution in [-0.4, -0.2) is 19.9 Å². The fraction of sp³-hybridized carbons (Fsp3) is 0. The van der Waals surface area contributed by atoms with E-state index < -0.39 is 0 Å². The molecule has 0 N–H and O–H groups in total. The van der Waals surface area contributed by atoms with Crippen LogP contribution in [0.3, 0.4) is 0 Å². The smallest absolute Gasteiger partial charge is 0.0894 e. The zero-order valence-electron chi connectivity index (χ0n) is 24.8. The normalized spacial score (nSPS) is 9.79. The van der Waals surface area contributed by atoms with E-state index in [0.717, 1.165) is 56.1 Å². The summed E-state index contributed by atoms with van der Waals surface area (Å²) in [6, 6.07) is 55.5. The van der Waals surface area contributed by atoms with E-state index in [9.17, 15) is 0 Å². The quantitative estimate of drug-likeness (QED) is 0.165. The molecular weight excluding hydrogens is 943 g/mol. The van der Waals surface area contributed by atoms with Gasteiger partial charge in [-0.2, -0.15) is 48.0 Å². The maximum absolute atomic E-state index is 5.03. The third kappa shape index (κ3) is 9.83. The largest absolute Gasteiger partial charge is 0.572 e. The van der Waals surface area contributed by atoms with Crippen LogP contribution in [0.5, 0.6) is 0 Å². The molecular formula is C40H26N4OPt2-4. The van der Waals surface area contributed by atoms with Crippen LogP contribution in [0.15, 0.2) is 163 Å². The Labute approximate surface area is 303 Å². The van der Waals surface area contributed by atoms with E-state index >= 15 is 0 Å². The average molecular weight is 969 g/mol. The van der Waals surface area contributed by atoms with Crippen molar-refractivity contribution in [3.63, 3.8) is 0 Å². The Morgan fingerprint density at radius 3 is 1.57 bits per heavy atom. The second-order valence-electron chi connectivity index (χ2n) is 9.60. The van der Waals surface area contributed by atoms with Gasteiger partial charge in [0.15, 0.2) is 0 Å². The van der Waals surface area contributed by atoms with Crippen LogP contribution in [0.2, 0.25) is 0 Å². The molecule has 0 radical (unpaired) electrons. The van der Waals surface area contributed by atoms with Crippen molar-refractivity contribution in [2.24, 2.45) is 0 Å². The van der Waals surface area contributed by atoms with Gasteiger partial charge in [0.2, 0.25) is 0 Å². The molecule has 7 heteroatoms. The van der Waals surface area contributed by atoms with Crippen LogP contribution in [0.25, 0.3) is 56.1 Å². The summed E-state index contributed by atoms with van der Waals surface area (Å²) < 4.78 is 5.03. The molecule has 0 spiro atoms. The van der Waals surface area contributed by atoms with E-state index in [0.29, 0.717) is 0 Å². The molecule has 0 unspecified atom stereocenters. The summed E-state index contributed by atoms with van der Waals surface area (Å²) in [5.41, 5.74) is 8.34. The molecule has 0 amide bonds. The molecule has 0 aliphatic heterocycles. The third-order valence-corrected chi connectivity index (χ3v) is 6.55. The Balaban J connectivity index is 0.000000164. The van der Waals surface area contributed by atoms with Gasteiger partial charge in [0.25, 0.3) is 0 Å². The minimum Gasteiger partial charge on any atom is -0.572 e. The predicted molar refractivity (Wildman–Crippen MR) is 177 cm³/mol. The van der Waals surface area contributed by atoms with Gasteiger partial charge >= 0.3 is 0 Å². The molecule has 47 heavy (non-hydrogen) atoms. The fourth-order valence-electron chi connectivity index (χ4n) is 4.39. The summed E-state index contributed by atoms with van der Waals surface area (Å²) in [4.78, 5) is 17.5. The van der Waals surface area contributed by atoms with Gasteiger partial charge < -0.3 is 4.42 Å². The van der Waals surface area contributed by atoms with Gasteiger partial charge in [0.1, 0.15) is 0 Å². The number of hydrogen-bond donors (Lipinski definition) is 0. The Bertz CT molecular complexity index is 1800. The summed E-state index contributed by atoms with van der Waals surface area (Å²) in [5.74, 6) is 0. The average Bonchev–Trinajstić information content (AvgIpc) is 3.63. The number of pyridine rings is 4. The maximum atomic E-state index is 5.03. The summed E-state index contributed by atoms with van der Waals surface area (Å²) in [7, 11) is 0. The third-order valence-electron chi connectivity index (χ3n) is 6.55. The van der Waals surface area contributed by atoms with Crippen molar-refractivity contribution in [1.29, 1.82) is 0 Å². The van der Waals surface area contributed by atoms with Crippen molar-refractivity contribution in [3.05, 3.63) is 183 Å². The molecule has 0 bridgehead atoms. The molecule has 0 saturated heterocycles. The standard InChI is InChI=1S/C17H11N.C15H11N3.C8H4O.2Pt/c1-2-7-14(8-3-1)15-9-6-10-16(13-15)17-11-4-5-12-18-17;1-3-10-16-12(6-1)14-8-5-9-15(18-14)13-7-2-4-11-17-13;1-2-4-8-7(3-1)5-6-9-8;;/h1-7,9-12H;1-11H;1-2,4,6H;;/q-2;;-2;;. The molecule has 0 aliphatic carbocycles. The zero-order valence-corrected chi connectivity index (χ0v) is 29.4. The molecule has 0 aliphatic rings. The Kier molecular flexibility index (Phi) is 13.7.